The molecule has 150 valence electrons. The van der Waals surface area contributed by atoms with Crippen molar-refractivity contribution in [1.29, 1.82) is 0 Å². The van der Waals surface area contributed by atoms with Gasteiger partial charge in [0.25, 0.3) is 5.91 Å². The first-order valence-corrected chi connectivity index (χ1v) is 10.2. The van der Waals surface area contributed by atoms with E-state index in [1.165, 1.54) is 5.56 Å². The van der Waals surface area contributed by atoms with Gasteiger partial charge in [0.1, 0.15) is 0 Å². The van der Waals surface area contributed by atoms with Gasteiger partial charge in [-0.05, 0) is 63.9 Å². The zero-order valence-electron chi connectivity index (χ0n) is 18.1. The van der Waals surface area contributed by atoms with Gasteiger partial charge < -0.3 is 5.32 Å². The summed E-state index contributed by atoms with van der Waals surface area (Å²) in [6, 6.07) is 20.3. The highest BCUT2D eigenvalue weighted by Crippen LogP contribution is 2.32. The summed E-state index contributed by atoms with van der Waals surface area (Å²) in [4.78, 5) is 18.5. The van der Waals surface area contributed by atoms with E-state index in [-0.39, 0.29) is 5.91 Å². The molecule has 4 rings (SSSR count). The number of carbonyl (C=O) groups excluding carboxylic acids is 1. The molecule has 0 atom stereocenters. The maximum atomic E-state index is 13.5. The third-order valence-corrected chi connectivity index (χ3v) is 5.53. The lowest BCUT2D eigenvalue weighted by molar-refractivity contribution is 0.102. The molecular formula is C27H26N2O. The van der Waals surface area contributed by atoms with Crippen LogP contribution < -0.4 is 5.32 Å². The number of rotatable bonds is 3. The van der Waals surface area contributed by atoms with Gasteiger partial charge in [-0.15, -0.1) is 0 Å². The summed E-state index contributed by atoms with van der Waals surface area (Å²) < 4.78 is 0. The van der Waals surface area contributed by atoms with Crippen molar-refractivity contribution in [2.24, 2.45) is 0 Å². The molecule has 1 aromatic heterocycles. The van der Waals surface area contributed by atoms with Crippen LogP contribution in [-0.2, 0) is 0 Å². The summed E-state index contributed by atoms with van der Waals surface area (Å²) in [6.07, 6.45) is 0. The summed E-state index contributed by atoms with van der Waals surface area (Å²) in [5.74, 6) is -0.109. The second-order valence-corrected chi connectivity index (χ2v) is 8.12. The van der Waals surface area contributed by atoms with Gasteiger partial charge in [-0.3, -0.25) is 4.79 Å². The van der Waals surface area contributed by atoms with Crippen LogP contribution in [0.5, 0.6) is 0 Å². The van der Waals surface area contributed by atoms with Gasteiger partial charge in [0.15, 0.2) is 0 Å². The molecule has 3 aromatic carbocycles. The number of hydrogen-bond donors (Lipinski definition) is 1. The molecule has 1 amide bonds. The number of fused-ring (bicyclic) bond motifs is 1. The predicted octanol–water partition coefficient (Wildman–Crippen LogP) is 6.70. The van der Waals surface area contributed by atoms with Gasteiger partial charge in [0, 0.05) is 16.6 Å². The van der Waals surface area contributed by atoms with E-state index in [1.54, 1.807) is 0 Å². The van der Waals surface area contributed by atoms with Crippen LogP contribution in [0.3, 0.4) is 0 Å². The molecule has 0 saturated carbocycles. The number of hydrogen-bond acceptors (Lipinski definition) is 2. The third kappa shape index (κ3) is 3.71. The van der Waals surface area contributed by atoms with Crippen LogP contribution in [0.2, 0.25) is 0 Å². The Bertz CT molecular complexity index is 1250. The molecular weight excluding hydrogens is 368 g/mol. The van der Waals surface area contributed by atoms with E-state index in [2.05, 4.69) is 62.5 Å². The average Bonchev–Trinajstić information content (AvgIpc) is 2.70. The van der Waals surface area contributed by atoms with Crippen LogP contribution in [0, 0.1) is 34.6 Å². The Morgan fingerprint density at radius 1 is 0.767 bits per heavy atom. The molecule has 0 unspecified atom stereocenters. The van der Waals surface area contributed by atoms with Crippen LogP contribution in [0.25, 0.3) is 22.2 Å². The smallest absolute Gasteiger partial charge is 0.256 e. The molecule has 0 bridgehead atoms. The Labute approximate surface area is 177 Å². The van der Waals surface area contributed by atoms with Gasteiger partial charge in [-0.25, -0.2) is 4.98 Å². The monoisotopic (exact) mass is 394 g/mol. The first-order chi connectivity index (χ1) is 14.3. The SMILES string of the molecule is Cc1ccc(NC(=O)c2c(C)c(-c3ccc(C)cc3)nc3c(C)cc(C)cc23)cc1. The molecule has 0 spiro atoms. The zero-order chi connectivity index (χ0) is 21.4. The molecule has 0 aliphatic heterocycles. The first kappa shape index (κ1) is 19.8. The number of aromatic nitrogens is 1. The molecule has 4 aromatic rings. The van der Waals surface area contributed by atoms with E-state index in [0.29, 0.717) is 5.56 Å². The predicted molar refractivity (Wildman–Crippen MR) is 125 cm³/mol. The van der Waals surface area contributed by atoms with Crippen LogP contribution in [0.4, 0.5) is 5.69 Å². The minimum atomic E-state index is -0.109. The minimum absolute atomic E-state index is 0.109. The van der Waals surface area contributed by atoms with Crippen LogP contribution >= 0.6 is 0 Å². The lowest BCUT2D eigenvalue weighted by Gasteiger charge is -2.17. The normalized spacial score (nSPS) is 11.0. The van der Waals surface area contributed by atoms with Crippen molar-refractivity contribution in [3.05, 3.63) is 94.0 Å². The number of amides is 1. The summed E-state index contributed by atoms with van der Waals surface area (Å²) in [5.41, 5.74) is 9.65. The van der Waals surface area contributed by atoms with Crippen molar-refractivity contribution in [1.82, 2.24) is 4.98 Å². The van der Waals surface area contributed by atoms with E-state index >= 15 is 0 Å². The number of benzene rings is 3. The molecule has 0 radical (unpaired) electrons. The van der Waals surface area contributed by atoms with Gasteiger partial charge in [0.05, 0.1) is 16.8 Å². The fourth-order valence-electron chi connectivity index (χ4n) is 3.93. The van der Waals surface area contributed by atoms with Gasteiger partial charge in [-0.2, -0.15) is 0 Å². The fraction of sp³-hybridized carbons (Fsp3) is 0.185. The Morgan fingerprint density at radius 3 is 2.00 bits per heavy atom. The molecule has 1 N–H and O–H groups in total. The van der Waals surface area contributed by atoms with Crippen LogP contribution in [0.1, 0.15) is 38.2 Å². The van der Waals surface area contributed by atoms with E-state index in [0.717, 1.165) is 50.1 Å². The van der Waals surface area contributed by atoms with Crippen molar-refractivity contribution in [3.8, 4) is 11.3 Å². The molecule has 3 heteroatoms. The number of anilines is 1. The van der Waals surface area contributed by atoms with Crippen molar-refractivity contribution in [2.75, 3.05) is 5.32 Å². The lowest BCUT2D eigenvalue weighted by Crippen LogP contribution is -2.15. The highest BCUT2D eigenvalue weighted by Gasteiger charge is 2.20. The molecule has 0 fully saturated rings. The van der Waals surface area contributed by atoms with Crippen molar-refractivity contribution >= 4 is 22.5 Å². The first-order valence-electron chi connectivity index (χ1n) is 10.2. The van der Waals surface area contributed by atoms with Crippen molar-refractivity contribution in [3.63, 3.8) is 0 Å². The summed E-state index contributed by atoms with van der Waals surface area (Å²) in [6.45, 7) is 10.2. The Balaban J connectivity index is 1.93. The zero-order valence-corrected chi connectivity index (χ0v) is 18.1. The molecule has 1 heterocycles. The van der Waals surface area contributed by atoms with E-state index < -0.39 is 0 Å². The van der Waals surface area contributed by atoms with E-state index in [4.69, 9.17) is 4.98 Å². The largest absolute Gasteiger partial charge is 0.322 e. The van der Waals surface area contributed by atoms with E-state index in [9.17, 15) is 4.79 Å². The molecule has 0 aliphatic carbocycles. The second kappa shape index (κ2) is 7.75. The lowest BCUT2D eigenvalue weighted by atomic mass is 9.94. The van der Waals surface area contributed by atoms with Crippen LogP contribution in [0.15, 0.2) is 60.7 Å². The summed E-state index contributed by atoms with van der Waals surface area (Å²) in [5, 5.41) is 3.97. The number of nitrogens with zero attached hydrogens (tertiary/aromatic N) is 1. The Hall–Kier alpha value is -3.46. The molecule has 3 nitrogen and oxygen atoms in total. The van der Waals surface area contributed by atoms with E-state index in [1.807, 2.05) is 38.1 Å². The molecule has 0 aliphatic rings. The second-order valence-electron chi connectivity index (χ2n) is 8.12. The van der Waals surface area contributed by atoms with Gasteiger partial charge >= 0.3 is 0 Å². The van der Waals surface area contributed by atoms with Crippen LogP contribution in [-0.4, -0.2) is 10.9 Å². The Kier molecular flexibility index (Phi) is 5.13. The topological polar surface area (TPSA) is 42.0 Å². The highest BCUT2D eigenvalue weighted by molar-refractivity contribution is 6.15. The maximum absolute atomic E-state index is 13.5. The number of carbonyl (C=O) groups is 1. The standard InChI is InChI=1S/C27H26N2O/c1-16-6-10-21(11-7-16)26-20(5)24(23-15-18(3)14-19(4)25(23)29-26)27(30)28-22-12-8-17(2)9-13-22/h6-15H,1-5H3,(H,28,30). The number of pyridine rings is 1. The molecule has 0 saturated heterocycles. The molecule has 30 heavy (non-hydrogen) atoms. The minimum Gasteiger partial charge on any atom is -0.322 e. The summed E-state index contributed by atoms with van der Waals surface area (Å²) >= 11 is 0. The van der Waals surface area contributed by atoms with Gasteiger partial charge in [0.2, 0.25) is 0 Å². The van der Waals surface area contributed by atoms with Crippen molar-refractivity contribution in [2.45, 2.75) is 34.6 Å². The van der Waals surface area contributed by atoms with Crippen molar-refractivity contribution < 1.29 is 4.79 Å². The quantitative estimate of drug-likeness (QED) is 0.420. The van der Waals surface area contributed by atoms with Gasteiger partial charge in [-0.1, -0.05) is 59.2 Å². The Morgan fingerprint density at radius 2 is 1.37 bits per heavy atom. The summed E-state index contributed by atoms with van der Waals surface area (Å²) in [7, 11) is 0. The maximum Gasteiger partial charge on any atom is 0.256 e. The third-order valence-electron chi connectivity index (χ3n) is 5.53. The fourth-order valence-corrected chi connectivity index (χ4v) is 3.93. The average molecular weight is 395 g/mol. The number of nitrogens with one attached hydrogen (secondary N) is 1. The highest BCUT2D eigenvalue weighted by atomic mass is 16.1. The number of aryl methyl sites for hydroxylation is 4.